The highest BCUT2D eigenvalue weighted by Gasteiger charge is 2.16. The van der Waals surface area contributed by atoms with Gasteiger partial charge in [-0.3, -0.25) is 0 Å². The first-order chi connectivity index (χ1) is 9.63. The second-order valence-electron chi connectivity index (χ2n) is 4.31. The van der Waals surface area contributed by atoms with Crippen LogP contribution in [0, 0.1) is 0 Å². The van der Waals surface area contributed by atoms with Crippen LogP contribution in [0.5, 0.6) is 17.2 Å². The highest BCUT2D eigenvalue weighted by molar-refractivity contribution is 9.10. The summed E-state index contributed by atoms with van der Waals surface area (Å²) in [6, 6.07) is 8.90. The molecule has 2 aromatic carbocycles. The molecule has 1 aliphatic rings. The summed E-state index contributed by atoms with van der Waals surface area (Å²) in [4.78, 5) is 0. The largest absolute Gasteiger partial charge is 0.507 e. The van der Waals surface area contributed by atoms with Crippen LogP contribution in [0.2, 0.25) is 5.02 Å². The summed E-state index contributed by atoms with van der Waals surface area (Å²) < 4.78 is 11.4. The predicted molar refractivity (Wildman–Crippen MR) is 80.7 cm³/mol. The molecule has 0 bridgehead atoms. The molecule has 2 aromatic rings. The van der Waals surface area contributed by atoms with Gasteiger partial charge in [0.05, 0.1) is 10.7 Å². The number of phenols is 1. The van der Waals surface area contributed by atoms with E-state index in [1.165, 1.54) is 0 Å². The second kappa shape index (κ2) is 5.42. The lowest BCUT2D eigenvalue weighted by Gasteiger charge is -2.10. The van der Waals surface area contributed by atoms with Crippen molar-refractivity contribution in [2.75, 3.05) is 12.1 Å². The van der Waals surface area contributed by atoms with E-state index in [1.54, 1.807) is 12.1 Å². The summed E-state index contributed by atoms with van der Waals surface area (Å²) in [5.41, 5.74) is 1.51. The molecule has 3 rings (SSSR count). The van der Waals surface area contributed by atoms with Crippen molar-refractivity contribution in [3.05, 3.63) is 45.4 Å². The molecule has 0 fully saturated rings. The van der Waals surface area contributed by atoms with E-state index < -0.39 is 0 Å². The lowest BCUT2D eigenvalue weighted by molar-refractivity contribution is 0.174. The number of phenolic OH excluding ortho intramolecular Hbond substituents is 1. The first kappa shape index (κ1) is 13.4. The van der Waals surface area contributed by atoms with E-state index in [4.69, 9.17) is 21.1 Å². The van der Waals surface area contributed by atoms with Gasteiger partial charge in [0.15, 0.2) is 11.5 Å². The van der Waals surface area contributed by atoms with Crippen molar-refractivity contribution >= 4 is 33.2 Å². The zero-order valence-electron chi connectivity index (χ0n) is 10.3. The number of aromatic hydroxyl groups is 1. The van der Waals surface area contributed by atoms with E-state index in [9.17, 15) is 5.11 Å². The van der Waals surface area contributed by atoms with E-state index in [0.29, 0.717) is 28.6 Å². The summed E-state index contributed by atoms with van der Waals surface area (Å²) >= 11 is 9.48. The Morgan fingerprint density at radius 2 is 1.95 bits per heavy atom. The van der Waals surface area contributed by atoms with Crippen LogP contribution >= 0.6 is 27.5 Å². The number of hydrogen-bond acceptors (Lipinski definition) is 4. The van der Waals surface area contributed by atoms with Gasteiger partial charge in [0, 0.05) is 22.6 Å². The third-order valence-electron chi connectivity index (χ3n) is 2.97. The Labute approximate surface area is 129 Å². The smallest absolute Gasteiger partial charge is 0.231 e. The predicted octanol–water partition coefficient (Wildman–Crippen LogP) is 4.15. The minimum Gasteiger partial charge on any atom is -0.507 e. The van der Waals surface area contributed by atoms with E-state index in [0.717, 1.165) is 10.2 Å². The van der Waals surface area contributed by atoms with E-state index >= 15 is 0 Å². The fraction of sp³-hybridized carbons (Fsp3) is 0.143. The molecule has 0 atom stereocenters. The second-order valence-corrected chi connectivity index (χ2v) is 5.63. The molecular weight excluding hydrogens is 346 g/mol. The van der Waals surface area contributed by atoms with Crippen LogP contribution in [0.25, 0.3) is 0 Å². The molecule has 20 heavy (non-hydrogen) atoms. The van der Waals surface area contributed by atoms with Gasteiger partial charge in [-0.15, -0.1) is 0 Å². The summed E-state index contributed by atoms with van der Waals surface area (Å²) in [5, 5.41) is 13.7. The van der Waals surface area contributed by atoms with Gasteiger partial charge in [-0.1, -0.05) is 27.5 Å². The maximum Gasteiger partial charge on any atom is 0.231 e. The van der Waals surface area contributed by atoms with Crippen LogP contribution < -0.4 is 14.8 Å². The van der Waals surface area contributed by atoms with E-state index in [2.05, 4.69) is 21.2 Å². The zero-order valence-corrected chi connectivity index (χ0v) is 12.7. The quantitative estimate of drug-likeness (QED) is 0.867. The Kier molecular flexibility index (Phi) is 3.63. The zero-order chi connectivity index (χ0) is 14.1. The fourth-order valence-electron chi connectivity index (χ4n) is 1.94. The molecule has 0 saturated carbocycles. The van der Waals surface area contributed by atoms with Crippen molar-refractivity contribution in [1.29, 1.82) is 0 Å². The van der Waals surface area contributed by atoms with Crippen molar-refractivity contribution in [1.82, 2.24) is 0 Å². The van der Waals surface area contributed by atoms with Crippen LogP contribution in [0.15, 0.2) is 34.8 Å². The van der Waals surface area contributed by atoms with Gasteiger partial charge in [-0.2, -0.15) is 0 Å². The fourth-order valence-corrected chi connectivity index (χ4v) is 2.68. The first-order valence-corrected chi connectivity index (χ1v) is 7.11. The molecule has 6 heteroatoms. The maximum atomic E-state index is 9.95. The van der Waals surface area contributed by atoms with Crippen molar-refractivity contribution in [3.8, 4) is 17.2 Å². The lowest BCUT2D eigenvalue weighted by Crippen LogP contribution is -2.00. The van der Waals surface area contributed by atoms with Gasteiger partial charge in [-0.25, -0.2) is 0 Å². The topological polar surface area (TPSA) is 50.7 Å². The Morgan fingerprint density at radius 1 is 1.20 bits per heavy atom. The van der Waals surface area contributed by atoms with Gasteiger partial charge in [0.1, 0.15) is 5.75 Å². The number of nitrogens with one attached hydrogen (secondary N) is 1. The van der Waals surface area contributed by atoms with E-state index in [-0.39, 0.29) is 12.5 Å². The average molecular weight is 357 g/mol. The minimum absolute atomic E-state index is 0.162. The van der Waals surface area contributed by atoms with Crippen molar-refractivity contribution in [2.45, 2.75) is 6.54 Å². The van der Waals surface area contributed by atoms with Crippen molar-refractivity contribution in [3.63, 3.8) is 0 Å². The van der Waals surface area contributed by atoms with Crippen LogP contribution in [0.3, 0.4) is 0 Å². The van der Waals surface area contributed by atoms with Gasteiger partial charge >= 0.3 is 0 Å². The third kappa shape index (κ3) is 2.64. The normalized spacial score (nSPS) is 12.5. The average Bonchev–Trinajstić information content (AvgIpc) is 2.84. The third-order valence-corrected chi connectivity index (χ3v) is 3.78. The molecule has 0 amide bonds. The highest BCUT2D eigenvalue weighted by atomic mass is 79.9. The number of benzene rings is 2. The molecule has 1 heterocycles. The molecule has 0 aliphatic carbocycles. The highest BCUT2D eigenvalue weighted by Crippen LogP contribution is 2.38. The number of ether oxygens (including phenoxy) is 2. The first-order valence-electron chi connectivity index (χ1n) is 5.94. The molecule has 1 aliphatic heterocycles. The minimum atomic E-state index is 0.162. The number of halogens is 2. The van der Waals surface area contributed by atoms with Crippen LogP contribution in [-0.2, 0) is 6.54 Å². The maximum absolute atomic E-state index is 9.95. The summed E-state index contributed by atoms with van der Waals surface area (Å²) in [5.74, 6) is 1.37. The number of anilines is 1. The molecule has 104 valence electrons. The van der Waals surface area contributed by atoms with Crippen LogP contribution in [-0.4, -0.2) is 11.9 Å². The van der Waals surface area contributed by atoms with Crippen molar-refractivity contribution < 1.29 is 14.6 Å². The summed E-state index contributed by atoms with van der Waals surface area (Å²) in [6.07, 6.45) is 0. The Morgan fingerprint density at radius 3 is 2.70 bits per heavy atom. The molecule has 4 nitrogen and oxygen atoms in total. The number of rotatable bonds is 3. The molecule has 0 radical (unpaired) electrons. The number of hydrogen-bond donors (Lipinski definition) is 2. The molecular formula is C14H11BrClNO3. The van der Waals surface area contributed by atoms with Crippen molar-refractivity contribution in [2.24, 2.45) is 0 Å². The van der Waals surface area contributed by atoms with Gasteiger partial charge in [0.2, 0.25) is 6.79 Å². The molecule has 2 N–H and O–H groups in total. The molecule has 0 aromatic heterocycles. The van der Waals surface area contributed by atoms with Crippen LogP contribution in [0.4, 0.5) is 5.69 Å². The standard InChI is InChI=1S/C14H11BrClNO3/c15-9-1-2-11(10(16)4-9)17-6-8-3-13-14(5-12(8)18)20-7-19-13/h1-5,17-18H,6-7H2. The van der Waals surface area contributed by atoms with Gasteiger partial charge in [-0.05, 0) is 24.3 Å². The lowest BCUT2D eigenvalue weighted by atomic mass is 10.1. The summed E-state index contributed by atoms with van der Waals surface area (Å²) in [6.45, 7) is 0.619. The molecule has 0 saturated heterocycles. The van der Waals surface area contributed by atoms with Gasteiger partial charge in [0.25, 0.3) is 0 Å². The van der Waals surface area contributed by atoms with E-state index in [1.807, 2.05) is 18.2 Å². The molecule has 0 unspecified atom stereocenters. The molecule has 0 spiro atoms. The Hall–Kier alpha value is -1.59. The monoisotopic (exact) mass is 355 g/mol. The Bertz CT molecular complexity index is 663. The SMILES string of the molecule is Oc1cc2c(cc1CNc1ccc(Br)cc1Cl)OCO2. The van der Waals surface area contributed by atoms with Crippen LogP contribution in [0.1, 0.15) is 5.56 Å². The summed E-state index contributed by atoms with van der Waals surface area (Å²) in [7, 11) is 0. The Balaban J connectivity index is 1.78. The number of fused-ring (bicyclic) bond motifs is 1. The van der Waals surface area contributed by atoms with Gasteiger partial charge < -0.3 is 19.9 Å².